The number of hydrogen-bond acceptors (Lipinski definition) is 9. The van der Waals surface area contributed by atoms with Crippen LogP contribution in [0, 0.1) is 0 Å². The maximum atomic E-state index is 12.9. The number of ether oxygens (including phenoxy) is 1. The summed E-state index contributed by atoms with van der Waals surface area (Å²) in [5, 5.41) is 20.5. The molecule has 0 aliphatic carbocycles. The van der Waals surface area contributed by atoms with Crippen LogP contribution in [-0.4, -0.2) is 54.1 Å². The Hall–Kier alpha value is -1.92. The smallest absolute Gasteiger partial charge is 0.387 e. The standard InChI is InChI=1S/C17H22N2O11P2/c20-13-7-9-19(17(23)18(13)8-6-11-4-2-1-3-5-11)16-15(22)14(21)12(29-16)10-28-32(26,27)30-31(24)25/h1-5,7,9,12,14-16,21-22,31H,6,8,10H2,(H,24,25)(H,26,27)/t12-,14?,15+,16-/m1/s1. The van der Waals surface area contributed by atoms with Gasteiger partial charge in [-0.05, 0) is 12.0 Å². The zero-order chi connectivity index (χ0) is 23.5. The number of rotatable bonds is 9. The van der Waals surface area contributed by atoms with E-state index in [-0.39, 0.29) is 6.54 Å². The van der Waals surface area contributed by atoms with Crippen molar-refractivity contribution >= 4 is 16.1 Å². The molecule has 0 bridgehead atoms. The molecule has 0 saturated carbocycles. The van der Waals surface area contributed by atoms with E-state index >= 15 is 0 Å². The first kappa shape index (κ1) is 24.7. The van der Waals surface area contributed by atoms with Gasteiger partial charge in [0, 0.05) is 18.8 Å². The molecule has 2 heterocycles. The zero-order valence-electron chi connectivity index (χ0n) is 16.5. The summed E-state index contributed by atoms with van der Waals surface area (Å²) in [6.45, 7) is -0.730. The molecular weight excluding hydrogens is 470 g/mol. The molecule has 3 rings (SSSR count). The number of hydrogen-bond donors (Lipinski definition) is 4. The molecule has 1 saturated heterocycles. The van der Waals surface area contributed by atoms with Gasteiger partial charge < -0.3 is 24.7 Å². The summed E-state index contributed by atoms with van der Waals surface area (Å²) in [6, 6.07) is 10.3. The van der Waals surface area contributed by atoms with Crippen LogP contribution in [0.4, 0.5) is 0 Å². The fraction of sp³-hybridized carbons (Fsp3) is 0.412. The summed E-state index contributed by atoms with van der Waals surface area (Å²) >= 11 is 0. The minimum atomic E-state index is -4.91. The topological polar surface area (TPSA) is 187 Å². The molecule has 1 aromatic heterocycles. The predicted octanol–water partition coefficient (Wildman–Crippen LogP) is -0.613. The fourth-order valence-electron chi connectivity index (χ4n) is 3.21. The van der Waals surface area contributed by atoms with Gasteiger partial charge in [-0.3, -0.25) is 23.0 Å². The van der Waals surface area contributed by atoms with Crippen molar-refractivity contribution in [2.75, 3.05) is 6.61 Å². The van der Waals surface area contributed by atoms with Crippen LogP contribution in [0.1, 0.15) is 11.8 Å². The van der Waals surface area contributed by atoms with Crippen molar-refractivity contribution in [3.63, 3.8) is 0 Å². The van der Waals surface area contributed by atoms with E-state index in [2.05, 4.69) is 8.83 Å². The first-order valence-electron chi connectivity index (χ1n) is 9.36. The molecule has 1 aliphatic rings. The van der Waals surface area contributed by atoms with E-state index in [0.29, 0.717) is 6.42 Å². The molecule has 32 heavy (non-hydrogen) atoms. The summed E-state index contributed by atoms with van der Waals surface area (Å²) in [4.78, 5) is 43.0. The SMILES string of the molecule is O=c1ccn([C@@H]2O[C@H](COP(=O)(O)O[PH](=O)O)C(O)[C@@H]2O)c(=O)n1CCc1ccccc1. The highest BCUT2D eigenvalue weighted by Crippen LogP contribution is 2.51. The molecule has 2 aromatic rings. The van der Waals surface area contributed by atoms with E-state index in [1.165, 1.54) is 0 Å². The summed E-state index contributed by atoms with van der Waals surface area (Å²) < 4.78 is 37.8. The van der Waals surface area contributed by atoms with Gasteiger partial charge in [-0.15, -0.1) is 0 Å². The molecule has 176 valence electrons. The number of benzene rings is 1. The fourth-order valence-corrected chi connectivity index (χ4v) is 4.54. The molecule has 13 nitrogen and oxygen atoms in total. The lowest BCUT2D eigenvalue weighted by molar-refractivity contribution is -0.0546. The highest BCUT2D eigenvalue weighted by atomic mass is 31.2. The van der Waals surface area contributed by atoms with E-state index in [9.17, 15) is 33.8 Å². The van der Waals surface area contributed by atoms with Gasteiger partial charge in [-0.2, -0.15) is 0 Å². The van der Waals surface area contributed by atoms with Crippen molar-refractivity contribution in [2.24, 2.45) is 0 Å². The molecule has 3 unspecified atom stereocenters. The van der Waals surface area contributed by atoms with Crippen molar-refractivity contribution in [1.82, 2.24) is 9.13 Å². The lowest BCUT2D eigenvalue weighted by Crippen LogP contribution is -2.43. The minimum absolute atomic E-state index is 0.0613. The average Bonchev–Trinajstić information content (AvgIpc) is 3.00. The molecular formula is C17H22N2O11P2. The maximum Gasteiger partial charge on any atom is 0.479 e. The zero-order valence-corrected chi connectivity index (χ0v) is 18.4. The molecule has 0 amide bonds. The predicted molar refractivity (Wildman–Crippen MR) is 109 cm³/mol. The second-order valence-corrected chi connectivity index (χ2v) is 9.36. The first-order valence-corrected chi connectivity index (χ1v) is 12.1. The van der Waals surface area contributed by atoms with Gasteiger partial charge in [0.05, 0.1) is 6.61 Å². The Morgan fingerprint density at radius 1 is 1.12 bits per heavy atom. The molecule has 0 radical (unpaired) electrons. The van der Waals surface area contributed by atoms with Gasteiger partial charge in [-0.1, -0.05) is 30.3 Å². The molecule has 1 aliphatic heterocycles. The summed E-state index contributed by atoms with van der Waals surface area (Å²) in [7, 11) is -8.68. The number of aliphatic hydroxyl groups excluding tert-OH is 2. The van der Waals surface area contributed by atoms with Crippen LogP contribution in [0.15, 0.2) is 52.2 Å². The molecule has 15 heteroatoms. The van der Waals surface area contributed by atoms with Gasteiger partial charge in [-0.25, -0.2) is 13.7 Å². The Kier molecular flexibility index (Phi) is 7.99. The largest absolute Gasteiger partial charge is 0.479 e. The van der Waals surface area contributed by atoms with Crippen LogP contribution < -0.4 is 11.2 Å². The Labute approximate surface area is 181 Å². The Morgan fingerprint density at radius 2 is 1.81 bits per heavy atom. The van der Waals surface area contributed by atoms with Gasteiger partial charge in [0.2, 0.25) is 0 Å². The highest BCUT2D eigenvalue weighted by Gasteiger charge is 2.45. The van der Waals surface area contributed by atoms with E-state index < -0.39 is 58.5 Å². The normalized spacial score (nSPS) is 26.0. The van der Waals surface area contributed by atoms with Gasteiger partial charge >= 0.3 is 21.8 Å². The summed E-state index contributed by atoms with van der Waals surface area (Å²) in [5.74, 6) is 0. The van der Waals surface area contributed by atoms with E-state index in [1.54, 1.807) is 0 Å². The second kappa shape index (κ2) is 10.3. The Morgan fingerprint density at radius 3 is 2.47 bits per heavy atom. The lowest BCUT2D eigenvalue weighted by atomic mass is 10.1. The molecule has 1 aromatic carbocycles. The minimum Gasteiger partial charge on any atom is -0.387 e. The highest BCUT2D eigenvalue weighted by molar-refractivity contribution is 7.55. The summed E-state index contributed by atoms with van der Waals surface area (Å²) in [5.41, 5.74) is -0.450. The quantitative estimate of drug-likeness (QED) is 0.327. The van der Waals surface area contributed by atoms with E-state index in [0.717, 1.165) is 27.0 Å². The number of aliphatic hydroxyl groups is 2. The van der Waals surface area contributed by atoms with Crippen LogP contribution in [0.3, 0.4) is 0 Å². The van der Waals surface area contributed by atoms with E-state index in [4.69, 9.17) is 9.63 Å². The first-order chi connectivity index (χ1) is 15.1. The third kappa shape index (κ3) is 5.90. The number of phosphoric acid groups is 1. The third-order valence-electron chi connectivity index (χ3n) is 4.77. The molecule has 0 spiro atoms. The average molecular weight is 492 g/mol. The van der Waals surface area contributed by atoms with Crippen LogP contribution in [-0.2, 0) is 35.7 Å². The van der Waals surface area contributed by atoms with Crippen molar-refractivity contribution in [2.45, 2.75) is 37.5 Å². The van der Waals surface area contributed by atoms with Crippen LogP contribution in [0.5, 0.6) is 0 Å². The Balaban J connectivity index is 1.76. The third-order valence-corrected chi connectivity index (χ3v) is 6.79. The van der Waals surface area contributed by atoms with Crippen molar-refractivity contribution in [1.29, 1.82) is 0 Å². The van der Waals surface area contributed by atoms with Crippen LogP contribution >= 0.6 is 16.1 Å². The Bertz CT molecular complexity index is 1120. The number of nitrogens with zero attached hydrogens (tertiary/aromatic N) is 2. The number of phosphoric ester groups is 1. The van der Waals surface area contributed by atoms with E-state index in [1.807, 2.05) is 30.3 Å². The summed E-state index contributed by atoms with van der Waals surface area (Å²) in [6.07, 6.45) is -4.58. The molecule has 6 atom stereocenters. The number of aryl methyl sites for hydroxylation is 1. The monoisotopic (exact) mass is 492 g/mol. The molecule has 1 fully saturated rings. The van der Waals surface area contributed by atoms with Gasteiger partial charge in [0.25, 0.3) is 5.56 Å². The maximum absolute atomic E-state index is 12.9. The van der Waals surface area contributed by atoms with Crippen molar-refractivity contribution < 1.29 is 42.7 Å². The lowest BCUT2D eigenvalue weighted by Gasteiger charge is -2.19. The van der Waals surface area contributed by atoms with Crippen LogP contribution in [0.2, 0.25) is 0 Å². The van der Waals surface area contributed by atoms with Gasteiger partial charge in [0.15, 0.2) is 6.23 Å². The molecule has 4 N–H and O–H groups in total. The van der Waals surface area contributed by atoms with Crippen molar-refractivity contribution in [3.05, 3.63) is 69.0 Å². The van der Waals surface area contributed by atoms with Crippen LogP contribution in [0.25, 0.3) is 0 Å². The van der Waals surface area contributed by atoms with Crippen molar-refractivity contribution in [3.8, 4) is 0 Å². The second-order valence-electron chi connectivity index (χ2n) is 6.90. The van der Waals surface area contributed by atoms with Gasteiger partial charge in [0.1, 0.15) is 18.3 Å². The number of aromatic nitrogens is 2.